The molecule has 2 N–H and O–H groups in total. The first-order chi connectivity index (χ1) is 10.4. The molecule has 0 amide bonds. The molecule has 0 fully saturated rings. The van der Waals surface area contributed by atoms with Crippen molar-refractivity contribution < 1.29 is 22.8 Å². The van der Waals surface area contributed by atoms with Gasteiger partial charge in [0.05, 0.1) is 13.2 Å². The van der Waals surface area contributed by atoms with Crippen molar-refractivity contribution >= 4 is 15.7 Å². The van der Waals surface area contributed by atoms with E-state index in [2.05, 4.69) is 9.88 Å². The Bertz CT molecular complexity index is 748. The van der Waals surface area contributed by atoms with Crippen LogP contribution in [0.5, 0.6) is 5.75 Å². The molecule has 0 saturated carbocycles. The molecule has 1 heterocycles. The van der Waals surface area contributed by atoms with Crippen LogP contribution in [0.1, 0.15) is 23.9 Å². The number of hydrogen-bond donors (Lipinski definition) is 2. The zero-order chi connectivity index (χ0) is 16.3. The highest BCUT2D eigenvalue weighted by Crippen LogP contribution is 2.26. The Morgan fingerprint density at radius 1 is 1.36 bits per heavy atom. The summed E-state index contributed by atoms with van der Waals surface area (Å²) in [6.07, 6.45) is 0. The van der Waals surface area contributed by atoms with Crippen molar-refractivity contribution in [3.63, 3.8) is 0 Å². The van der Waals surface area contributed by atoms with E-state index in [0.29, 0.717) is 29.3 Å². The van der Waals surface area contributed by atoms with Crippen LogP contribution in [-0.4, -0.2) is 25.3 Å². The smallest absolute Gasteiger partial charge is 0.267 e. The molecule has 0 unspecified atom stereocenters. The molecule has 0 aliphatic rings. The Morgan fingerprint density at radius 2 is 2.09 bits per heavy atom. The second-order valence-corrected chi connectivity index (χ2v) is 6.29. The molecule has 0 spiro atoms. The highest BCUT2D eigenvalue weighted by Gasteiger charge is 2.24. The number of aromatic nitrogens is 1. The van der Waals surface area contributed by atoms with Gasteiger partial charge in [0.2, 0.25) is 0 Å². The van der Waals surface area contributed by atoms with Crippen molar-refractivity contribution in [1.29, 1.82) is 0 Å². The molecule has 0 saturated heterocycles. The fraction of sp³-hybridized carbons (Fsp3) is 0.357. The summed E-state index contributed by atoms with van der Waals surface area (Å²) < 4.78 is 37.5. The van der Waals surface area contributed by atoms with Gasteiger partial charge in [0.1, 0.15) is 11.4 Å². The third-order valence-electron chi connectivity index (χ3n) is 3.02. The molecule has 8 heteroatoms. The zero-order valence-corrected chi connectivity index (χ0v) is 13.4. The van der Waals surface area contributed by atoms with Crippen LogP contribution in [0.4, 0.5) is 5.69 Å². The number of hydrogen-bond acceptors (Lipinski definition) is 6. The van der Waals surface area contributed by atoms with Crippen LogP contribution in [-0.2, 0) is 16.6 Å². The molecule has 0 radical (unpaired) electrons. The van der Waals surface area contributed by atoms with Gasteiger partial charge in [-0.15, -0.1) is 0 Å². The van der Waals surface area contributed by atoms with E-state index in [1.54, 1.807) is 19.1 Å². The van der Waals surface area contributed by atoms with Crippen molar-refractivity contribution in [2.75, 3.05) is 11.3 Å². The van der Waals surface area contributed by atoms with Gasteiger partial charge in [-0.3, -0.25) is 4.72 Å². The van der Waals surface area contributed by atoms with Gasteiger partial charge in [0, 0.05) is 11.3 Å². The molecule has 1 aromatic carbocycles. The number of aliphatic hydroxyl groups is 1. The lowest BCUT2D eigenvalue weighted by Gasteiger charge is -2.12. The average molecular weight is 326 g/mol. The summed E-state index contributed by atoms with van der Waals surface area (Å²) in [5.74, 6) is 0.739. The fourth-order valence-corrected chi connectivity index (χ4v) is 3.51. The van der Waals surface area contributed by atoms with Crippen molar-refractivity contribution in [1.82, 2.24) is 5.16 Å². The predicted octanol–water partition coefficient (Wildman–Crippen LogP) is 1.98. The van der Waals surface area contributed by atoms with Crippen molar-refractivity contribution in [2.45, 2.75) is 32.3 Å². The standard InChI is InChI=1S/C14H18N2O5S/c1-4-20-13-6-5-12(7-11(13)8-17)16-22(18,19)14-9(2)15-21-10(14)3/h5-7,16-17H,4,8H2,1-3H3. The highest BCUT2D eigenvalue weighted by molar-refractivity contribution is 7.92. The Hall–Kier alpha value is -2.06. The average Bonchev–Trinajstić information content (AvgIpc) is 2.80. The van der Waals surface area contributed by atoms with Gasteiger partial charge in [-0.05, 0) is 39.0 Å². The van der Waals surface area contributed by atoms with E-state index >= 15 is 0 Å². The topological polar surface area (TPSA) is 102 Å². The van der Waals surface area contributed by atoms with E-state index < -0.39 is 10.0 Å². The lowest BCUT2D eigenvalue weighted by Crippen LogP contribution is -2.14. The van der Waals surface area contributed by atoms with Crippen LogP contribution in [0.15, 0.2) is 27.6 Å². The van der Waals surface area contributed by atoms with Gasteiger partial charge in [-0.2, -0.15) is 0 Å². The number of nitrogens with zero attached hydrogens (tertiary/aromatic N) is 1. The summed E-state index contributed by atoms with van der Waals surface area (Å²) in [7, 11) is -3.81. The lowest BCUT2D eigenvalue weighted by atomic mass is 10.2. The molecule has 0 aliphatic heterocycles. The highest BCUT2D eigenvalue weighted by atomic mass is 32.2. The van der Waals surface area contributed by atoms with E-state index in [0.717, 1.165) is 0 Å². The lowest BCUT2D eigenvalue weighted by molar-refractivity contribution is 0.267. The molecule has 7 nitrogen and oxygen atoms in total. The largest absolute Gasteiger partial charge is 0.494 e. The minimum atomic E-state index is -3.81. The molecule has 2 rings (SSSR count). The fourth-order valence-electron chi connectivity index (χ4n) is 2.13. The van der Waals surface area contributed by atoms with Gasteiger partial charge in [-0.25, -0.2) is 8.42 Å². The first kappa shape index (κ1) is 16.3. The third-order valence-corrected chi connectivity index (χ3v) is 4.64. The number of rotatable bonds is 6. The number of benzene rings is 1. The molecular weight excluding hydrogens is 308 g/mol. The molecule has 0 aliphatic carbocycles. The molecule has 1 aromatic heterocycles. The number of anilines is 1. The monoisotopic (exact) mass is 326 g/mol. The van der Waals surface area contributed by atoms with E-state index in [1.807, 2.05) is 6.92 Å². The van der Waals surface area contributed by atoms with E-state index in [1.165, 1.54) is 13.0 Å². The first-order valence-electron chi connectivity index (χ1n) is 6.71. The summed E-state index contributed by atoms with van der Waals surface area (Å²) in [5.41, 5.74) is 1.12. The van der Waals surface area contributed by atoms with Crippen LogP contribution in [0.3, 0.4) is 0 Å². The SMILES string of the molecule is CCOc1ccc(NS(=O)(=O)c2c(C)noc2C)cc1CO. The van der Waals surface area contributed by atoms with Gasteiger partial charge < -0.3 is 14.4 Å². The molecule has 0 atom stereocenters. The van der Waals surface area contributed by atoms with Crippen LogP contribution in [0.25, 0.3) is 0 Å². The summed E-state index contributed by atoms with van der Waals surface area (Å²) >= 11 is 0. The number of ether oxygens (including phenoxy) is 1. The van der Waals surface area contributed by atoms with Crippen molar-refractivity contribution in [3.05, 3.63) is 35.2 Å². The quantitative estimate of drug-likeness (QED) is 0.841. The summed E-state index contributed by atoms with van der Waals surface area (Å²) in [6.45, 7) is 5.12. The van der Waals surface area contributed by atoms with Crippen LogP contribution in [0.2, 0.25) is 0 Å². The summed E-state index contributed by atoms with van der Waals surface area (Å²) in [5, 5.41) is 13.0. The van der Waals surface area contributed by atoms with Crippen LogP contribution >= 0.6 is 0 Å². The Morgan fingerprint density at radius 3 is 2.64 bits per heavy atom. The molecule has 0 bridgehead atoms. The number of aliphatic hydroxyl groups excluding tert-OH is 1. The number of nitrogens with one attached hydrogen (secondary N) is 1. The molecule has 2 aromatic rings. The maximum atomic E-state index is 12.4. The second kappa shape index (κ2) is 6.37. The minimum Gasteiger partial charge on any atom is -0.494 e. The van der Waals surface area contributed by atoms with Gasteiger partial charge in [0.25, 0.3) is 10.0 Å². The minimum absolute atomic E-state index is 0.0203. The van der Waals surface area contributed by atoms with Crippen LogP contribution in [0, 0.1) is 13.8 Å². The molecule has 120 valence electrons. The van der Waals surface area contributed by atoms with Gasteiger partial charge in [-0.1, -0.05) is 5.16 Å². The van der Waals surface area contributed by atoms with Gasteiger partial charge in [0.15, 0.2) is 10.7 Å². The zero-order valence-electron chi connectivity index (χ0n) is 12.6. The maximum Gasteiger partial charge on any atom is 0.267 e. The summed E-state index contributed by atoms with van der Waals surface area (Å²) in [4.78, 5) is 0.0203. The molecule has 22 heavy (non-hydrogen) atoms. The van der Waals surface area contributed by atoms with E-state index in [-0.39, 0.29) is 17.3 Å². The van der Waals surface area contributed by atoms with Gasteiger partial charge >= 0.3 is 0 Å². The Balaban J connectivity index is 2.34. The number of aryl methyl sites for hydroxylation is 2. The van der Waals surface area contributed by atoms with Crippen molar-refractivity contribution in [2.24, 2.45) is 0 Å². The Kier molecular flexibility index (Phi) is 4.72. The third kappa shape index (κ3) is 3.23. The molecular formula is C14H18N2O5S. The number of sulfonamides is 1. The van der Waals surface area contributed by atoms with Crippen LogP contribution < -0.4 is 9.46 Å². The van der Waals surface area contributed by atoms with E-state index in [4.69, 9.17) is 9.26 Å². The van der Waals surface area contributed by atoms with Crippen molar-refractivity contribution in [3.8, 4) is 5.75 Å². The maximum absolute atomic E-state index is 12.4. The Labute approximate surface area is 128 Å². The normalized spacial score (nSPS) is 11.5. The second-order valence-electron chi connectivity index (χ2n) is 4.67. The van der Waals surface area contributed by atoms with E-state index in [9.17, 15) is 13.5 Å². The summed E-state index contributed by atoms with van der Waals surface area (Å²) in [6, 6.07) is 4.71. The predicted molar refractivity (Wildman–Crippen MR) is 80.3 cm³/mol. The first-order valence-corrected chi connectivity index (χ1v) is 8.19.